The fraction of sp³-hybridized carbons (Fsp3) is 0.429. The summed E-state index contributed by atoms with van der Waals surface area (Å²) in [6, 6.07) is 8.29. The third-order valence-electron chi connectivity index (χ3n) is 2.79. The standard InChI is InChI=1S/C14H18BrNO2/c1-3-17-14(18-4-2)10-16-9-12(15)11-7-5-6-8-13(11)16/h5-9,14H,3-4,10H2,1-2H3. The number of para-hydroxylation sites is 1. The van der Waals surface area contributed by atoms with Gasteiger partial charge in [-0.2, -0.15) is 0 Å². The van der Waals surface area contributed by atoms with E-state index in [0.717, 1.165) is 4.47 Å². The first-order valence-electron chi connectivity index (χ1n) is 6.22. The highest BCUT2D eigenvalue weighted by Gasteiger charge is 2.12. The monoisotopic (exact) mass is 311 g/mol. The Balaban J connectivity index is 2.24. The average molecular weight is 312 g/mol. The van der Waals surface area contributed by atoms with Gasteiger partial charge in [0.05, 0.1) is 6.54 Å². The minimum absolute atomic E-state index is 0.192. The summed E-state index contributed by atoms with van der Waals surface area (Å²) >= 11 is 3.58. The lowest BCUT2D eigenvalue weighted by Crippen LogP contribution is -2.23. The highest BCUT2D eigenvalue weighted by atomic mass is 79.9. The molecule has 0 aliphatic carbocycles. The molecule has 18 heavy (non-hydrogen) atoms. The number of ether oxygens (including phenoxy) is 2. The number of fused-ring (bicyclic) bond motifs is 1. The van der Waals surface area contributed by atoms with Gasteiger partial charge in [0.2, 0.25) is 0 Å². The van der Waals surface area contributed by atoms with Crippen molar-refractivity contribution in [2.75, 3.05) is 13.2 Å². The van der Waals surface area contributed by atoms with Gasteiger partial charge >= 0.3 is 0 Å². The van der Waals surface area contributed by atoms with Gasteiger partial charge in [0.1, 0.15) is 0 Å². The van der Waals surface area contributed by atoms with Gasteiger partial charge in [-0.1, -0.05) is 18.2 Å². The van der Waals surface area contributed by atoms with Crippen molar-refractivity contribution in [3.8, 4) is 0 Å². The van der Waals surface area contributed by atoms with E-state index in [4.69, 9.17) is 9.47 Å². The van der Waals surface area contributed by atoms with Gasteiger partial charge in [-0.25, -0.2) is 0 Å². The van der Waals surface area contributed by atoms with E-state index in [1.807, 2.05) is 26.0 Å². The van der Waals surface area contributed by atoms with E-state index in [2.05, 4.69) is 38.8 Å². The molecule has 0 bridgehead atoms. The molecule has 3 nitrogen and oxygen atoms in total. The molecule has 0 unspecified atom stereocenters. The Bertz CT molecular complexity index is 503. The van der Waals surface area contributed by atoms with Crippen LogP contribution in [0.5, 0.6) is 0 Å². The number of rotatable bonds is 6. The van der Waals surface area contributed by atoms with Crippen molar-refractivity contribution in [2.45, 2.75) is 26.7 Å². The van der Waals surface area contributed by atoms with Crippen molar-refractivity contribution in [1.82, 2.24) is 4.57 Å². The van der Waals surface area contributed by atoms with Gasteiger partial charge < -0.3 is 14.0 Å². The SMILES string of the molecule is CCOC(Cn1cc(Br)c2ccccc21)OCC. The second-order valence-corrected chi connectivity index (χ2v) is 4.84. The molecular weight excluding hydrogens is 294 g/mol. The molecule has 0 radical (unpaired) electrons. The highest BCUT2D eigenvalue weighted by molar-refractivity contribution is 9.10. The van der Waals surface area contributed by atoms with E-state index in [1.165, 1.54) is 10.9 Å². The molecule has 0 N–H and O–H groups in total. The minimum atomic E-state index is -0.192. The average Bonchev–Trinajstić information content (AvgIpc) is 2.68. The molecule has 2 aromatic rings. The van der Waals surface area contributed by atoms with Crippen molar-refractivity contribution in [1.29, 1.82) is 0 Å². The molecular formula is C14H18BrNO2. The molecule has 1 heterocycles. The zero-order valence-corrected chi connectivity index (χ0v) is 12.3. The van der Waals surface area contributed by atoms with E-state index in [0.29, 0.717) is 19.8 Å². The molecule has 0 saturated carbocycles. The Labute approximate surface area is 116 Å². The first-order valence-corrected chi connectivity index (χ1v) is 7.02. The summed E-state index contributed by atoms with van der Waals surface area (Å²) in [6.07, 6.45) is 1.89. The predicted octanol–water partition coefficient (Wildman–Crippen LogP) is 3.80. The minimum Gasteiger partial charge on any atom is -0.351 e. The van der Waals surface area contributed by atoms with Crippen LogP contribution < -0.4 is 0 Å². The highest BCUT2D eigenvalue weighted by Crippen LogP contribution is 2.26. The van der Waals surface area contributed by atoms with Crippen molar-refractivity contribution in [3.63, 3.8) is 0 Å². The maximum absolute atomic E-state index is 5.59. The number of hydrogen-bond donors (Lipinski definition) is 0. The molecule has 1 aromatic heterocycles. The molecule has 0 aliphatic heterocycles. The van der Waals surface area contributed by atoms with Crippen LogP contribution in [0.25, 0.3) is 10.9 Å². The van der Waals surface area contributed by atoms with Gasteiger partial charge in [-0.3, -0.25) is 0 Å². The Hall–Kier alpha value is -0.840. The van der Waals surface area contributed by atoms with Crippen molar-refractivity contribution in [3.05, 3.63) is 34.9 Å². The van der Waals surface area contributed by atoms with Gasteiger partial charge in [0.25, 0.3) is 0 Å². The molecule has 98 valence electrons. The third-order valence-corrected chi connectivity index (χ3v) is 3.42. The molecule has 4 heteroatoms. The zero-order chi connectivity index (χ0) is 13.0. The number of nitrogens with zero attached hydrogens (tertiary/aromatic N) is 1. The fourth-order valence-corrected chi connectivity index (χ4v) is 2.62. The summed E-state index contributed by atoms with van der Waals surface area (Å²) in [6.45, 7) is 5.98. The predicted molar refractivity (Wildman–Crippen MR) is 76.7 cm³/mol. The maximum atomic E-state index is 5.59. The smallest absolute Gasteiger partial charge is 0.175 e. The summed E-state index contributed by atoms with van der Waals surface area (Å²) in [7, 11) is 0. The van der Waals surface area contributed by atoms with E-state index < -0.39 is 0 Å². The summed E-state index contributed by atoms with van der Waals surface area (Å²) in [5.41, 5.74) is 1.19. The van der Waals surface area contributed by atoms with Gasteiger partial charge in [-0.05, 0) is 35.8 Å². The summed E-state index contributed by atoms with van der Waals surface area (Å²) < 4.78 is 14.4. The molecule has 0 saturated heterocycles. The number of aromatic nitrogens is 1. The molecule has 0 spiro atoms. The van der Waals surface area contributed by atoms with Gasteiger partial charge in [0.15, 0.2) is 6.29 Å². The lowest BCUT2D eigenvalue weighted by molar-refractivity contribution is -0.143. The maximum Gasteiger partial charge on any atom is 0.175 e. The van der Waals surface area contributed by atoms with Crippen LogP contribution in [0.3, 0.4) is 0 Å². The summed E-state index contributed by atoms with van der Waals surface area (Å²) in [4.78, 5) is 0. The lowest BCUT2D eigenvalue weighted by Gasteiger charge is -2.18. The van der Waals surface area contributed by atoms with Crippen molar-refractivity contribution >= 4 is 26.8 Å². The van der Waals surface area contributed by atoms with E-state index in [1.54, 1.807) is 0 Å². The van der Waals surface area contributed by atoms with E-state index >= 15 is 0 Å². The molecule has 2 rings (SSSR count). The van der Waals surface area contributed by atoms with Crippen molar-refractivity contribution in [2.24, 2.45) is 0 Å². The second kappa shape index (κ2) is 6.36. The number of halogens is 1. The Morgan fingerprint density at radius 2 is 1.83 bits per heavy atom. The quantitative estimate of drug-likeness (QED) is 0.757. The third kappa shape index (κ3) is 2.94. The van der Waals surface area contributed by atoms with Crippen LogP contribution in [-0.2, 0) is 16.0 Å². The fourth-order valence-electron chi connectivity index (χ4n) is 2.04. The number of hydrogen-bond acceptors (Lipinski definition) is 2. The van der Waals surface area contributed by atoms with Gasteiger partial charge in [0, 0.05) is 34.8 Å². The van der Waals surface area contributed by atoms with Crippen molar-refractivity contribution < 1.29 is 9.47 Å². The first kappa shape index (κ1) is 13.6. The summed E-state index contributed by atoms with van der Waals surface area (Å²) in [5.74, 6) is 0. The van der Waals surface area contributed by atoms with E-state index in [9.17, 15) is 0 Å². The van der Waals surface area contributed by atoms with Crippen LogP contribution in [0, 0.1) is 0 Å². The van der Waals surface area contributed by atoms with Crippen LogP contribution in [0.2, 0.25) is 0 Å². The molecule has 0 amide bonds. The number of benzene rings is 1. The molecule has 0 aliphatic rings. The Morgan fingerprint density at radius 1 is 1.17 bits per heavy atom. The van der Waals surface area contributed by atoms with Crippen LogP contribution in [0.15, 0.2) is 34.9 Å². The zero-order valence-electron chi connectivity index (χ0n) is 10.7. The Morgan fingerprint density at radius 3 is 2.50 bits per heavy atom. The molecule has 0 atom stereocenters. The molecule has 0 fully saturated rings. The Kier molecular flexibility index (Phi) is 4.80. The first-order chi connectivity index (χ1) is 8.76. The topological polar surface area (TPSA) is 23.4 Å². The van der Waals surface area contributed by atoms with E-state index in [-0.39, 0.29) is 6.29 Å². The largest absolute Gasteiger partial charge is 0.351 e. The lowest BCUT2D eigenvalue weighted by atomic mass is 10.2. The summed E-state index contributed by atoms with van der Waals surface area (Å²) in [5, 5.41) is 1.21. The van der Waals surface area contributed by atoms with Crippen LogP contribution in [0.4, 0.5) is 0 Å². The van der Waals surface area contributed by atoms with Crippen LogP contribution >= 0.6 is 15.9 Å². The van der Waals surface area contributed by atoms with Gasteiger partial charge in [-0.15, -0.1) is 0 Å². The normalized spacial score (nSPS) is 11.6. The second-order valence-electron chi connectivity index (χ2n) is 3.99. The van der Waals surface area contributed by atoms with Crippen LogP contribution in [-0.4, -0.2) is 24.1 Å². The van der Waals surface area contributed by atoms with Crippen LogP contribution in [0.1, 0.15) is 13.8 Å². The molecule has 1 aromatic carbocycles.